The van der Waals surface area contributed by atoms with Gasteiger partial charge < -0.3 is 21.8 Å². The Balaban J connectivity index is 1.69. The summed E-state index contributed by atoms with van der Waals surface area (Å²) in [6.07, 6.45) is 4.07. The number of nitrogens with zero attached hydrogens (tertiary/aromatic N) is 1. The Kier molecular flexibility index (Phi) is 4.06. The number of aromatic amines is 1. The molecule has 29 heavy (non-hydrogen) atoms. The van der Waals surface area contributed by atoms with E-state index in [0.29, 0.717) is 0 Å². The van der Waals surface area contributed by atoms with Crippen LogP contribution in [-0.4, -0.2) is 16.9 Å². The number of aromatic nitrogens is 1. The number of nitrogen functional groups attached to an aromatic ring is 1. The number of H-pyrrole nitrogens is 1. The number of fused-ring (bicyclic) bond motifs is 4. The van der Waals surface area contributed by atoms with Gasteiger partial charge in [0, 0.05) is 38.5 Å². The molecule has 2 atom stereocenters. The zero-order valence-corrected chi connectivity index (χ0v) is 17.8. The summed E-state index contributed by atoms with van der Waals surface area (Å²) < 4.78 is 1.04. The van der Waals surface area contributed by atoms with Gasteiger partial charge in [0.15, 0.2) is 0 Å². The predicted molar refractivity (Wildman–Crippen MR) is 124 cm³/mol. The Morgan fingerprint density at radius 2 is 2.00 bits per heavy atom. The third kappa shape index (κ3) is 2.86. The number of hydrogen-bond donors (Lipinski definition) is 4. The Morgan fingerprint density at radius 1 is 1.17 bits per heavy atom. The molecule has 6 heteroatoms. The lowest BCUT2D eigenvalue weighted by Crippen LogP contribution is -2.36. The van der Waals surface area contributed by atoms with E-state index in [0.717, 1.165) is 43.7 Å². The molecule has 1 aliphatic carbocycles. The van der Waals surface area contributed by atoms with E-state index >= 15 is 0 Å². The van der Waals surface area contributed by atoms with Gasteiger partial charge in [0.2, 0.25) is 0 Å². The smallest absolute Gasteiger partial charge is 0.131 e. The quantitative estimate of drug-likeness (QED) is 0.431. The molecule has 0 saturated carbocycles. The Morgan fingerprint density at radius 3 is 2.79 bits per heavy atom. The molecule has 2 aliphatic rings. The van der Waals surface area contributed by atoms with E-state index in [1.165, 1.54) is 16.7 Å². The van der Waals surface area contributed by atoms with E-state index in [4.69, 9.17) is 16.5 Å². The fraction of sp³-hybridized carbons (Fsp3) is 0.174. The molecule has 146 valence electrons. The van der Waals surface area contributed by atoms with Crippen LogP contribution in [-0.2, 0) is 0 Å². The van der Waals surface area contributed by atoms with Crippen LogP contribution in [0.1, 0.15) is 36.6 Å². The van der Waals surface area contributed by atoms with Gasteiger partial charge >= 0.3 is 0 Å². The molecule has 0 fully saturated rings. The van der Waals surface area contributed by atoms with E-state index in [1.54, 1.807) is 0 Å². The van der Waals surface area contributed by atoms with Gasteiger partial charge in [-0.1, -0.05) is 22.0 Å². The minimum Gasteiger partial charge on any atom is -0.402 e. The van der Waals surface area contributed by atoms with Crippen LogP contribution in [0.25, 0.3) is 16.5 Å². The maximum atomic E-state index is 6.12. The van der Waals surface area contributed by atoms with Crippen molar-refractivity contribution in [2.24, 2.45) is 10.7 Å². The number of aliphatic imine (C=N–C) groups is 1. The molecule has 1 aliphatic heterocycles. The fourth-order valence-corrected chi connectivity index (χ4v) is 4.77. The van der Waals surface area contributed by atoms with Crippen LogP contribution in [0.3, 0.4) is 0 Å². The molecule has 0 bridgehead atoms. The van der Waals surface area contributed by atoms with E-state index in [9.17, 15) is 0 Å². The Hall–Kier alpha value is -2.99. The van der Waals surface area contributed by atoms with Gasteiger partial charge in [0.25, 0.3) is 0 Å². The molecule has 0 radical (unpaired) electrons. The first-order chi connectivity index (χ1) is 13.9. The van der Waals surface area contributed by atoms with Gasteiger partial charge in [-0.05, 0) is 72.5 Å². The highest BCUT2D eigenvalue weighted by atomic mass is 79.9. The first kappa shape index (κ1) is 18.1. The Bertz CT molecular complexity index is 1240. The van der Waals surface area contributed by atoms with Crippen molar-refractivity contribution in [1.82, 2.24) is 10.3 Å². The van der Waals surface area contributed by atoms with Crippen molar-refractivity contribution >= 4 is 43.9 Å². The summed E-state index contributed by atoms with van der Waals surface area (Å²) in [7, 11) is 0. The van der Waals surface area contributed by atoms with Gasteiger partial charge in [-0.3, -0.25) is 4.99 Å². The molecule has 2 aromatic carbocycles. The van der Waals surface area contributed by atoms with Crippen molar-refractivity contribution in [1.29, 1.82) is 0 Å². The standard InChI is InChI=1S/C23H22BrN5/c1-11(25)7-16-12(2)15-5-4-14(26)9-18(15)22-21(16)28-23(29-22)19-10-27-20-6-3-13(24)8-17(19)20/h3-10,21-22,27H,25-26H2,1-2H3,(H,28,29)/b11-7+. The van der Waals surface area contributed by atoms with Crippen LogP contribution in [0.4, 0.5) is 5.69 Å². The molecule has 1 aromatic heterocycles. The van der Waals surface area contributed by atoms with E-state index in [2.05, 4.69) is 57.4 Å². The maximum absolute atomic E-state index is 6.12. The van der Waals surface area contributed by atoms with Crippen LogP contribution >= 0.6 is 15.9 Å². The first-order valence-electron chi connectivity index (χ1n) is 9.58. The number of hydrogen-bond acceptors (Lipinski definition) is 4. The summed E-state index contributed by atoms with van der Waals surface area (Å²) in [4.78, 5) is 8.47. The molecular formula is C23H22BrN5. The summed E-state index contributed by atoms with van der Waals surface area (Å²) in [6, 6.07) is 12.3. The Labute approximate surface area is 177 Å². The van der Waals surface area contributed by atoms with Gasteiger partial charge in [-0.2, -0.15) is 0 Å². The van der Waals surface area contributed by atoms with Crippen molar-refractivity contribution in [3.8, 4) is 0 Å². The van der Waals surface area contributed by atoms with Gasteiger partial charge in [-0.15, -0.1) is 0 Å². The number of halogens is 1. The molecule has 2 unspecified atom stereocenters. The fourth-order valence-electron chi connectivity index (χ4n) is 4.41. The van der Waals surface area contributed by atoms with Crippen molar-refractivity contribution in [2.75, 3.05) is 5.73 Å². The largest absolute Gasteiger partial charge is 0.402 e. The summed E-state index contributed by atoms with van der Waals surface area (Å²) >= 11 is 3.58. The summed E-state index contributed by atoms with van der Waals surface area (Å²) in [5.74, 6) is 0.882. The highest BCUT2D eigenvalue weighted by Crippen LogP contribution is 2.43. The zero-order chi connectivity index (χ0) is 20.3. The second-order valence-corrected chi connectivity index (χ2v) is 8.67. The second-order valence-electron chi connectivity index (χ2n) is 7.75. The molecule has 5 rings (SSSR count). The summed E-state index contributed by atoms with van der Waals surface area (Å²) in [5.41, 5.74) is 20.6. The minimum absolute atomic E-state index is 0.0231. The molecule has 0 saturated heterocycles. The van der Waals surface area contributed by atoms with Gasteiger partial charge in [0.05, 0.1) is 6.04 Å². The average Bonchev–Trinajstić information content (AvgIpc) is 3.28. The second kappa shape index (κ2) is 6.52. The van der Waals surface area contributed by atoms with E-state index in [-0.39, 0.29) is 12.1 Å². The van der Waals surface area contributed by atoms with Crippen LogP contribution in [0, 0.1) is 0 Å². The highest BCUT2D eigenvalue weighted by Gasteiger charge is 2.38. The van der Waals surface area contributed by atoms with E-state index < -0.39 is 0 Å². The van der Waals surface area contributed by atoms with Gasteiger partial charge in [0.1, 0.15) is 11.9 Å². The number of anilines is 1. The molecule has 2 heterocycles. The lowest BCUT2D eigenvalue weighted by Gasteiger charge is -2.30. The number of rotatable bonds is 2. The number of amidine groups is 1. The summed E-state index contributed by atoms with van der Waals surface area (Å²) in [5, 5.41) is 4.80. The first-order valence-corrected chi connectivity index (χ1v) is 10.4. The molecule has 3 aromatic rings. The minimum atomic E-state index is -0.0464. The predicted octanol–water partition coefficient (Wildman–Crippen LogP) is 4.62. The molecule has 0 spiro atoms. The molecule has 6 N–H and O–H groups in total. The van der Waals surface area contributed by atoms with Crippen LogP contribution in [0.5, 0.6) is 0 Å². The lowest BCUT2D eigenvalue weighted by molar-refractivity contribution is 0.610. The highest BCUT2D eigenvalue weighted by molar-refractivity contribution is 9.10. The monoisotopic (exact) mass is 447 g/mol. The van der Waals surface area contributed by atoms with Crippen LogP contribution < -0.4 is 16.8 Å². The molecule has 0 amide bonds. The number of benzene rings is 2. The van der Waals surface area contributed by atoms with E-state index in [1.807, 2.05) is 31.3 Å². The van der Waals surface area contributed by atoms with Crippen molar-refractivity contribution < 1.29 is 0 Å². The van der Waals surface area contributed by atoms with Crippen LogP contribution in [0.2, 0.25) is 0 Å². The zero-order valence-electron chi connectivity index (χ0n) is 16.3. The molecular weight excluding hydrogens is 426 g/mol. The normalized spacial score (nSPS) is 21.1. The average molecular weight is 448 g/mol. The van der Waals surface area contributed by atoms with Crippen LogP contribution in [0.15, 0.2) is 69.4 Å². The third-order valence-corrected chi connectivity index (χ3v) is 6.22. The maximum Gasteiger partial charge on any atom is 0.131 e. The number of allylic oxidation sites excluding steroid dienone is 2. The molecule has 5 nitrogen and oxygen atoms in total. The van der Waals surface area contributed by atoms with Crippen molar-refractivity contribution in [3.63, 3.8) is 0 Å². The third-order valence-electron chi connectivity index (χ3n) is 5.72. The van der Waals surface area contributed by atoms with Gasteiger partial charge in [-0.25, -0.2) is 0 Å². The summed E-state index contributed by atoms with van der Waals surface area (Å²) in [6.45, 7) is 4.06. The van der Waals surface area contributed by atoms with Crippen molar-refractivity contribution in [2.45, 2.75) is 25.9 Å². The lowest BCUT2D eigenvalue weighted by atomic mass is 9.80. The number of nitrogens with one attached hydrogen (secondary N) is 2. The SMILES string of the molecule is CC1=C(/C=C(\C)N)C2NC(c3c[nH]c4ccc(Br)cc34)=NC2c2cc(N)ccc21. The van der Waals surface area contributed by atoms with Crippen molar-refractivity contribution in [3.05, 3.63) is 81.1 Å². The number of nitrogens with two attached hydrogens (primary N) is 2. The topological polar surface area (TPSA) is 92.2 Å².